The van der Waals surface area contributed by atoms with Gasteiger partial charge < -0.3 is 10.2 Å². The number of aldehydes is 1. The van der Waals surface area contributed by atoms with E-state index < -0.39 is 0 Å². The zero-order valence-corrected chi connectivity index (χ0v) is 19.1. The first-order valence-electron chi connectivity index (χ1n) is 8.73. The minimum atomic E-state index is 0.408. The number of fused-ring (bicyclic) bond motifs is 1. The highest BCUT2D eigenvalue weighted by Gasteiger charge is 2.15. The Morgan fingerprint density at radius 3 is 2.48 bits per heavy atom. The summed E-state index contributed by atoms with van der Waals surface area (Å²) in [6.07, 6.45) is 0.836. The molecule has 3 aromatic rings. The molecule has 0 unspecified atom stereocenters. The molecule has 0 spiro atoms. The van der Waals surface area contributed by atoms with Gasteiger partial charge in [-0.1, -0.05) is 31.5 Å². The number of hydrogen-bond donors (Lipinski definition) is 1. The van der Waals surface area contributed by atoms with Crippen LogP contribution in [-0.2, 0) is 0 Å². The number of halogens is 1. The van der Waals surface area contributed by atoms with E-state index in [1.54, 1.807) is 11.3 Å². The Morgan fingerprint density at radius 2 is 2.00 bits per heavy atom. The number of carbonyl (C=O) groups excluding carboxylic acids is 1. The summed E-state index contributed by atoms with van der Waals surface area (Å²) in [6, 6.07) is 3.89. The van der Waals surface area contributed by atoms with Gasteiger partial charge in [-0.3, -0.25) is 4.79 Å². The van der Waals surface area contributed by atoms with Gasteiger partial charge in [-0.15, -0.1) is 22.7 Å². The van der Waals surface area contributed by atoms with Gasteiger partial charge in [0.2, 0.25) is 0 Å². The van der Waals surface area contributed by atoms with Crippen LogP contribution in [0.25, 0.3) is 20.9 Å². The predicted octanol–water partition coefficient (Wildman–Crippen LogP) is 4.99. The molecule has 27 heavy (non-hydrogen) atoms. The lowest BCUT2D eigenvalue weighted by molar-refractivity contribution is 0.112. The van der Waals surface area contributed by atoms with E-state index in [1.807, 2.05) is 45.3 Å². The number of thiophene rings is 2. The van der Waals surface area contributed by atoms with E-state index in [9.17, 15) is 4.79 Å². The van der Waals surface area contributed by atoms with E-state index in [-0.39, 0.29) is 0 Å². The van der Waals surface area contributed by atoms with Gasteiger partial charge in [0.1, 0.15) is 9.98 Å². The van der Waals surface area contributed by atoms with Crippen molar-refractivity contribution in [3.63, 3.8) is 0 Å². The minimum Gasteiger partial charge on any atom is -0.318 e. The number of rotatable bonds is 5. The van der Waals surface area contributed by atoms with Crippen LogP contribution >= 0.6 is 34.3 Å². The molecule has 1 N–H and O–H groups in total. The van der Waals surface area contributed by atoms with Crippen LogP contribution in [0.1, 0.15) is 29.1 Å². The molecule has 0 bridgehead atoms. The van der Waals surface area contributed by atoms with Crippen molar-refractivity contribution in [3.05, 3.63) is 33.1 Å². The van der Waals surface area contributed by atoms with E-state index in [2.05, 4.69) is 34.3 Å². The fourth-order valence-corrected chi connectivity index (χ4v) is 4.09. The fourth-order valence-electron chi connectivity index (χ4n) is 2.07. The number of likely N-dealkylation sites (N-methyl/N-ethyl adjacent to an activating group) is 2. The van der Waals surface area contributed by atoms with E-state index in [4.69, 9.17) is 11.6 Å². The molecule has 8 heteroatoms. The normalized spacial score (nSPS) is 10.2. The average molecular weight is 427 g/mol. The van der Waals surface area contributed by atoms with E-state index in [0.29, 0.717) is 15.9 Å². The average Bonchev–Trinajstić information content (AvgIpc) is 3.30. The number of carbonyl (C=O) groups is 1. The van der Waals surface area contributed by atoms with E-state index >= 15 is 0 Å². The summed E-state index contributed by atoms with van der Waals surface area (Å²) < 4.78 is 0. The molecule has 148 valence electrons. The molecule has 0 saturated heterocycles. The van der Waals surface area contributed by atoms with E-state index in [0.717, 1.165) is 40.0 Å². The summed E-state index contributed by atoms with van der Waals surface area (Å²) in [6.45, 7) is 8.06. The molecular formula is C19H27ClN4OS2. The highest BCUT2D eigenvalue weighted by Crippen LogP contribution is 2.34. The minimum absolute atomic E-state index is 0.408. The number of hydrogen-bond acceptors (Lipinski definition) is 7. The molecule has 0 amide bonds. The first-order valence-corrected chi connectivity index (χ1v) is 10.8. The molecule has 0 radical (unpaired) electrons. The quantitative estimate of drug-likeness (QED) is 0.460. The van der Waals surface area contributed by atoms with Crippen LogP contribution in [-0.4, -0.2) is 55.4 Å². The van der Waals surface area contributed by atoms with Crippen LogP contribution in [0.4, 0.5) is 0 Å². The molecule has 0 atom stereocenters. The van der Waals surface area contributed by atoms with Gasteiger partial charge in [0.05, 0.1) is 15.1 Å². The molecule has 0 saturated carbocycles. The van der Waals surface area contributed by atoms with Crippen molar-refractivity contribution >= 4 is 50.8 Å². The van der Waals surface area contributed by atoms with Gasteiger partial charge in [-0.2, -0.15) is 0 Å². The lowest BCUT2D eigenvalue weighted by atomic mass is 10.2. The summed E-state index contributed by atoms with van der Waals surface area (Å²) in [7, 11) is 6.10. The maximum atomic E-state index is 10.9. The molecular weight excluding hydrogens is 400 g/mol. The van der Waals surface area contributed by atoms with Gasteiger partial charge in [-0.05, 0) is 45.1 Å². The van der Waals surface area contributed by atoms with Crippen LogP contribution in [0.2, 0.25) is 5.15 Å². The monoisotopic (exact) mass is 426 g/mol. The van der Waals surface area contributed by atoms with Crippen LogP contribution in [0, 0.1) is 6.92 Å². The van der Waals surface area contributed by atoms with Crippen LogP contribution in [0.3, 0.4) is 0 Å². The van der Waals surface area contributed by atoms with Gasteiger partial charge in [0.15, 0.2) is 12.1 Å². The maximum Gasteiger partial charge on any atom is 0.172 e. The highest BCUT2D eigenvalue weighted by atomic mass is 35.5. The Hall–Kier alpha value is -1.38. The van der Waals surface area contributed by atoms with Gasteiger partial charge in [0.25, 0.3) is 0 Å². The molecule has 0 aliphatic rings. The first kappa shape index (κ1) is 23.7. The number of aryl methyl sites for hydroxylation is 1. The third kappa shape index (κ3) is 6.62. The summed E-state index contributed by atoms with van der Waals surface area (Å²) in [5.41, 5.74) is 0.854. The van der Waals surface area contributed by atoms with Gasteiger partial charge in [0, 0.05) is 13.1 Å². The largest absolute Gasteiger partial charge is 0.318 e. The van der Waals surface area contributed by atoms with Crippen molar-refractivity contribution in [2.75, 3.05) is 34.2 Å². The Bertz CT molecular complexity index is 832. The molecule has 0 fully saturated rings. The second-order valence-corrected chi connectivity index (χ2v) is 7.95. The number of nitrogens with one attached hydrogen (secondary N) is 1. The zero-order valence-electron chi connectivity index (χ0n) is 16.7. The first-order chi connectivity index (χ1) is 13.0. The van der Waals surface area contributed by atoms with Crippen molar-refractivity contribution in [1.82, 2.24) is 20.2 Å². The summed E-state index contributed by atoms with van der Waals surface area (Å²) in [5.74, 6) is 0.612. The Balaban J connectivity index is 0.000000346. The van der Waals surface area contributed by atoms with Crippen LogP contribution in [0.5, 0.6) is 0 Å². The number of nitrogens with zero attached hydrogens (tertiary/aromatic N) is 3. The molecule has 0 aliphatic carbocycles. The Morgan fingerprint density at radius 1 is 1.30 bits per heavy atom. The van der Waals surface area contributed by atoms with Gasteiger partial charge in [-0.25, -0.2) is 9.97 Å². The van der Waals surface area contributed by atoms with Crippen molar-refractivity contribution < 1.29 is 4.79 Å². The molecule has 0 aliphatic heterocycles. The number of aromatic nitrogens is 2. The second-order valence-electron chi connectivity index (χ2n) is 5.61. The standard InChI is InChI=1S/C12H7ClN2OS2.C5H14N2.C2H6/c1-6-8(5-16)18-12-9(6)10(13)14-11(15-12)7-3-2-4-17-7;1-6-4-5-7(2)3;1-2/h2-5H,1H3;6H,4-5H2,1-3H3;1-2H3. The third-order valence-corrected chi connectivity index (χ3v) is 5.69. The smallest absolute Gasteiger partial charge is 0.172 e. The van der Waals surface area contributed by atoms with Crippen molar-refractivity contribution in [3.8, 4) is 10.7 Å². The van der Waals surface area contributed by atoms with Crippen molar-refractivity contribution in [2.24, 2.45) is 0 Å². The summed E-state index contributed by atoms with van der Waals surface area (Å²) in [4.78, 5) is 24.3. The van der Waals surface area contributed by atoms with E-state index in [1.165, 1.54) is 11.3 Å². The molecule has 5 nitrogen and oxygen atoms in total. The lowest BCUT2D eigenvalue weighted by Gasteiger charge is -2.06. The predicted molar refractivity (Wildman–Crippen MR) is 120 cm³/mol. The topological polar surface area (TPSA) is 58.1 Å². The second kappa shape index (κ2) is 12.2. The van der Waals surface area contributed by atoms with Crippen LogP contribution < -0.4 is 5.32 Å². The zero-order chi connectivity index (χ0) is 20.4. The van der Waals surface area contributed by atoms with Crippen molar-refractivity contribution in [1.29, 1.82) is 0 Å². The molecule has 3 rings (SSSR count). The summed E-state index contributed by atoms with van der Waals surface area (Å²) >= 11 is 9.11. The van der Waals surface area contributed by atoms with Gasteiger partial charge >= 0.3 is 0 Å². The fraction of sp³-hybridized carbons (Fsp3) is 0.421. The maximum absolute atomic E-state index is 10.9. The molecule has 0 aromatic carbocycles. The molecule has 3 aromatic heterocycles. The third-order valence-electron chi connectivity index (χ3n) is 3.44. The highest BCUT2D eigenvalue weighted by molar-refractivity contribution is 7.20. The lowest BCUT2D eigenvalue weighted by Crippen LogP contribution is -2.23. The Labute approximate surface area is 174 Å². The Kier molecular flexibility index (Phi) is 10.6. The summed E-state index contributed by atoms with van der Waals surface area (Å²) in [5, 5.41) is 6.21. The van der Waals surface area contributed by atoms with Crippen molar-refractivity contribution in [2.45, 2.75) is 20.8 Å². The molecule has 3 heterocycles. The SMILES string of the molecule is CC.CNCCN(C)C.Cc1c(C=O)sc2nc(-c3cccs3)nc(Cl)c12. The van der Waals surface area contributed by atoms with Crippen LogP contribution in [0.15, 0.2) is 17.5 Å².